The van der Waals surface area contributed by atoms with Gasteiger partial charge in [0.05, 0.1) is 4.92 Å². The molecular formula is C15H18N2O3S. The molecule has 0 fully saturated rings. The van der Waals surface area contributed by atoms with Crippen molar-refractivity contribution < 1.29 is 4.92 Å². The van der Waals surface area contributed by atoms with Gasteiger partial charge in [-0.3, -0.25) is 14.9 Å². The van der Waals surface area contributed by atoms with Crippen molar-refractivity contribution in [3.63, 3.8) is 0 Å². The molecule has 5 nitrogen and oxygen atoms in total. The number of hydrogen-bond acceptors (Lipinski definition) is 5. The maximum Gasteiger partial charge on any atom is 0.350 e. The Kier molecular flexibility index (Phi) is 4.90. The van der Waals surface area contributed by atoms with E-state index in [0.29, 0.717) is 18.8 Å². The first-order valence-electron chi connectivity index (χ1n) is 7.05. The minimum atomic E-state index is -0.546. The van der Waals surface area contributed by atoms with Crippen molar-refractivity contribution in [1.82, 2.24) is 0 Å². The third kappa shape index (κ3) is 3.05. The normalized spacial score (nSPS) is 10.8. The Morgan fingerprint density at radius 3 is 2.62 bits per heavy atom. The summed E-state index contributed by atoms with van der Waals surface area (Å²) in [6, 6.07) is 7.38. The van der Waals surface area contributed by atoms with Crippen molar-refractivity contribution in [2.24, 2.45) is 0 Å². The van der Waals surface area contributed by atoms with Gasteiger partial charge in [-0.05, 0) is 19.4 Å². The van der Waals surface area contributed by atoms with Gasteiger partial charge in [-0.1, -0.05) is 42.9 Å². The maximum atomic E-state index is 12.1. The minimum absolute atomic E-state index is 0.295. The zero-order chi connectivity index (χ0) is 15.4. The van der Waals surface area contributed by atoms with Gasteiger partial charge in [0.1, 0.15) is 5.69 Å². The van der Waals surface area contributed by atoms with E-state index in [-0.39, 0.29) is 5.69 Å². The maximum absolute atomic E-state index is 12.1. The molecule has 0 amide bonds. The van der Waals surface area contributed by atoms with Crippen molar-refractivity contribution in [2.75, 3.05) is 18.0 Å². The van der Waals surface area contributed by atoms with E-state index in [1.165, 1.54) is 0 Å². The van der Waals surface area contributed by atoms with Crippen LogP contribution < -0.4 is 9.64 Å². The fourth-order valence-corrected chi connectivity index (χ4v) is 3.27. The van der Waals surface area contributed by atoms with E-state index in [1.807, 2.05) is 36.1 Å². The van der Waals surface area contributed by atoms with Crippen molar-refractivity contribution >= 4 is 32.8 Å². The number of nitro groups is 1. The summed E-state index contributed by atoms with van der Waals surface area (Å²) in [4.78, 5) is 24.9. The number of rotatable bonds is 6. The molecule has 1 aromatic heterocycles. The van der Waals surface area contributed by atoms with Crippen LogP contribution in [0.2, 0.25) is 0 Å². The highest BCUT2D eigenvalue weighted by Gasteiger charge is 2.26. The molecule has 2 aromatic rings. The Hall–Kier alpha value is -1.95. The summed E-state index contributed by atoms with van der Waals surface area (Å²) in [6.45, 7) is 5.38. The van der Waals surface area contributed by atoms with Crippen molar-refractivity contribution in [3.8, 4) is 0 Å². The number of nitrogens with zero attached hydrogens (tertiary/aromatic N) is 2. The summed E-state index contributed by atoms with van der Waals surface area (Å²) in [6.07, 6.45) is 1.94. The van der Waals surface area contributed by atoms with Gasteiger partial charge in [0, 0.05) is 23.2 Å². The van der Waals surface area contributed by atoms with Crippen molar-refractivity contribution in [3.05, 3.63) is 43.9 Å². The monoisotopic (exact) mass is 306 g/mol. The zero-order valence-electron chi connectivity index (χ0n) is 12.2. The van der Waals surface area contributed by atoms with Crippen LogP contribution in [0.5, 0.6) is 0 Å². The van der Waals surface area contributed by atoms with Crippen LogP contribution in [0.4, 0.5) is 11.4 Å². The molecule has 6 heteroatoms. The third-order valence-electron chi connectivity index (χ3n) is 3.42. The SMILES string of the molecule is CCCCN(CC)c1c([N+](=O)[O-])c(=O)sc2ccccc12. The van der Waals surface area contributed by atoms with Crippen LogP contribution in [0.1, 0.15) is 26.7 Å². The first-order valence-corrected chi connectivity index (χ1v) is 7.87. The molecule has 0 saturated heterocycles. The molecule has 0 bridgehead atoms. The highest BCUT2D eigenvalue weighted by Crippen LogP contribution is 2.35. The molecule has 0 aliphatic heterocycles. The molecule has 1 heterocycles. The number of unbranched alkanes of at least 4 members (excludes halogenated alkanes) is 1. The fraction of sp³-hybridized carbons (Fsp3) is 0.400. The quantitative estimate of drug-likeness (QED) is 0.601. The smallest absolute Gasteiger partial charge is 0.350 e. The Labute approximate surface area is 127 Å². The largest absolute Gasteiger partial charge is 0.366 e. The lowest BCUT2D eigenvalue weighted by atomic mass is 10.1. The van der Waals surface area contributed by atoms with Crippen LogP contribution in [0.15, 0.2) is 29.1 Å². The molecule has 0 aliphatic carbocycles. The molecule has 1 aromatic carbocycles. The van der Waals surface area contributed by atoms with E-state index in [0.717, 1.165) is 34.3 Å². The summed E-state index contributed by atoms with van der Waals surface area (Å²) in [5.74, 6) is 0. The van der Waals surface area contributed by atoms with Crippen molar-refractivity contribution in [2.45, 2.75) is 26.7 Å². The molecule has 0 radical (unpaired) electrons. The van der Waals surface area contributed by atoms with Gasteiger partial charge in [-0.2, -0.15) is 0 Å². The Morgan fingerprint density at radius 1 is 1.29 bits per heavy atom. The average Bonchev–Trinajstić information content (AvgIpc) is 2.47. The molecule has 0 N–H and O–H groups in total. The molecule has 112 valence electrons. The summed E-state index contributed by atoms with van der Waals surface area (Å²) in [5.41, 5.74) is 0.173. The van der Waals surface area contributed by atoms with E-state index in [9.17, 15) is 14.9 Å². The number of anilines is 1. The number of hydrogen-bond donors (Lipinski definition) is 0. The molecule has 0 atom stereocenters. The Morgan fingerprint density at radius 2 is 2.00 bits per heavy atom. The molecule has 0 aliphatic rings. The predicted octanol–water partition coefficient (Wildman–Crippen LogP) is 3.80. The van der Waals surface area contributed by atoms with E-state index in [4.69, 9.17) is 0 Å². The van der Waals surface area contributed by atoms with E-state index >= 15 is 0 Å². The summed E-state index contributed by atoms with van der Waals surface area (Å²) in [5, 5.41) is 12.2. The molecule has 0 saturated carbocycles. The van der Waals surface area contributed by atoms with E-state index < -0.39 is 9.67 Å². The lowest BCUT2D eigenvalue weighted by Gasteiger charge is -2.23. The van der Waals surface area contributed by atoms with Crippen LogP contribution in [0.3, 0.4) is 0 Å². The average molecular weight is 306 g/mol. The van der Waals surface area contributed by atoms with E-state index in [2.05, 4.69) is 6.92 Å². The highest BCUT2D eigenvalue weighted by molar-refractivity contribution is 7.16. The van der Waals surface area contributed by atoms with Gasteiger partial charge in [0.15, 0.2) is 0 Å². The van der Waals surface area contributed by atoms with Crippen LogP contribution in [-0.4, -0.2) is 18.0 Å². The first kappa shape index (κ1) is 15.4. The fourth-order valence-electron chi connectivity index (χ4n) is 2.38. The van der Waals surface area contributed by atoms with Crippen molar-refractivity contribution in [1.29, 1.82) is 0 Å². The molecular weight excluding hydrogens is 288 g/mol. The van der Waals surface area contributed by atoms with Crippen LogP contribution in [0.25, 0.3) is 10.1 Å². The molecule has 0 unspecified atom stereocenters. The lowest BCUT2D eigenvalue weighted by molar-refractivity contribution is -0.384. The number of benzene rings is 1. The second-order valence-corrected chi connectivity index (χ2v) is 5.79. The minimum Gasteiger partial charge on any atom is -0.366 e. The van der Waals surface area contributed by atoms with Crippen LogP contribution >= 0.6 is 11.3 Å². The zero-order valence-corrected chi connectivity index (χ0v) is 13.0. The topological polar surface area (TPSA) is 63.4 Å². The molecule has 0 spiro atoms. The predicted molar refractivity (Wildman–Crippen MR) is 87.5 cm³/mol. The van der Waals surface area contributed by atoms with Gasteiger partial charge in [-0.15, -0.1) is 0 Å². The Balaban J connectivity index is 2.75. The summed E-state index contributed by atoms with van der Waals surface area (Å²) >= 11 is 0.939. The standard InChI is InChI=1S/C15H18N2O3S/c1-3-5-10-16(4-2)13-11-8-6-7-9-12(11)21-15(18)14(13)17(19)20/h6-9H,3-5,10H2,1-2H3. The lowest BCUT2D eigenvalue weighted by Crippen LogP contribution is -2.26. The van der Waals surface area contributed by atoms with Crippen LogP contribution in [0, 0.1) is 10.1 Å². The summed E-state index contributed by atoms with van der Waals surface area (Å²) in [7, 11) is 0. The summed E-state index contributed by atoms with van der Waals surface area (Å²) < 4.78 is 0.307. The highest BCUT2D eigenvalue weighted by atomic mass is 32.1. The van der Waals surface area contributed by atoms with Gasteiger partial charge in [0.25, 0.3) is 0 Å². The van der Waals surface area contributed by atoms with E-state index in [1.54, 1.807) is 0 Å². The third-order valence-corrected chi connectivity index (χ3v) is 4.38. The van der Waals surface area contributed by atoms with Gasteiger partial charge < -0.3 is 4.90 Å². The Bertz CT molecular complexity index is 712. The molecule has 2 rings (SSSR count). The molecule has 21 heavy (non-hydrogen) atoms. The van der Waals surface area contributed by atoms with Gasteiger partial charge >= 0.3 is 10.4 Å². The first-order chi connectivity index (χ1) is 10.1. The second-order valence-electron chi connectivity index (χ2n) is 4.77. The van der Waals surface area contributed by atoms with Gasteiger partial charge in [-0.25, -0.2) is 0 Å². The van der Waals surface area contributed by atoms with Gasteiger partial charge in [0.2, 0.25) is 0 Å². The second kappa shape index (κ2) is 6.67. The van der Waals surface area contributed by atoms with Crippen LogP contribution in [-0.2, 0) is 0 Å². The number of fused-ring (bicyclic) bond motifs is 1.